The summed E-state index contributed by atoms with van der Waals surface area (Å²) in [5.41, 5.74) is -0.680. The molecule has 1 aromatic heterocycles. The third-order valence-electron chi connectivity index (χ3n) is 6.63. The number of alkyl halides is 3. The van der Waals surface area contributed by atoms with Crippen molar-refractivity contribution in [3.05, 3.63) is 76.6 Å². The van der Waals surface area contributed by atoms with Crippen molar-refractivity contribution in [2.24, 2.45) is 0 Å². The molecule has 2 aromatic carbocycles. The van der Waals surface area contributed by atoms with Gasteiger partial charge in [-0.1, -0.05) is 17.7 Å². The molecule has 0 bridgehead atoms. The van der Waals surface area contributed by atoms with E-state index in [0.717, 1.165) is 11.0 Å². The summed E-state index contributed by atoms with van der Waals surface area (Å²) in [6.07, 6.45) is -1.49. The number of carbonyl (C=O) groups excluding carboxylic acids is 2. The van der Waals surface area contributed by atoms with E-state index < -0.39 is 29.2 Å². The summed E-state index contributed by atoms with van der Waals surface area (Å²) < 4.78 is 46.9. The Morgan fingerprint density at radius 3 is 2.44 bits per heavy atom. The van der Waals surface area contributed by atoms with E-state index in [-0.39, 0.29) is 47.2 Å². The van der Waals surface area contributed by atoms with Crippen molar-refractivity contribution < 1.29 is 27.5 Å². The van der Waals surface area contributed by atoms with Crippen LogP contribution in [0.2, 0.25) is 5.02 Å². The lowest BCUT2D eigenvalue weighted by Gasteiger charge is -2.27. The van der Waals surface area contributed by atoms with Gasteiger partial charge in [-0.15, -0.1) is 0 Å². The summed E-state index contributed by atoms with van der Waals surface area (Å²) in [5, 5.41) is 9.35. The van der Waals surface area contributed by atoms with Gasteiger partial charge in [0.25, 0.3) is 5.91 Å². The number of urea groups is 1. The number of nitrogens with zero attached hydrogens (tertiary/aromatic N) is 4. The van der Waals surface area contributed by atoms with Crippen LogP contribution in [0.5, 0.6) is 5.75 Å². The van der Waals surface area contributed by atoms with Gasteiger partial charge in [-0.2, -0.15) is 18.4 Å². The number of benzene rings is 2. The molecule has 0 unspecified atom stereocenters. The zero-order chi connectivity index (χ0) is 28.5. The summed E-state index contributed by atoms with van der Waals surface area (Å²) in [6.45, 7) is 4.99. The number of amides is 3. The Balaban J connectivity index is 1.47. The standard InChI is InChI=1S/C28H24ClF3N4O3/c1-17-23(8-5-19(16-33)24(17)29)36-25(37)27(2,3)35(26(36)38)13-4-14-39-20-6-7-21(18-9-11-34-12-10-18)22(15-20)28(30,31)32/h5-12,15H,4,13-14H2,1-3H3. The molecule has 1 aliphatic rings. The SMILES string of the molecule is Cc1c(N2C(=O)N(CCCOc3ccc(-c4ccncc4)c(C(F)(F)F)c3)C(C)(C)C2=O)ccc(C#N)c1Cl. The lowest BCUT2D eigenvalue weighted by Crippen LogP contribution is -2.44. The number of halogens is 4. The molecule has 202 valence electrons. The molecule has 2 heterocycles. The zero-order valence-electron chi connectivity index (χ0n) is 21.3. The van der Waals surface area contributed by atoms with Crippen molar-refractivity contribution in [3.63, 3.8) is 0 Å². The summed E-state index contributed by atoms with van der Waals surface area (Å²) in [4.78, 5) is 32.8. The largest absolute Gasteiger partial charge is 0.494 e. The first kappa shape index (κ1) is 27.9. The lowest BCUT2D eigenvalue weighted by atomic mass is 10.00. The van der Waals surface area contributed by atoms with E-state index in [1.165, 1.54) is 53.7 Å². The number of imide groups is 1. The molecule has 0 saturated carbocycles. The van der Waals surface area contributed by atoms with E-state index in [0.29, 0.717) is 11.1 Å². The van der Waals surface area contributed by atoms with Crippen LogP contribution in [-0.4, -0.2) is 40.5 Å². The van der Waals surface area contributed by atoms with Gasteiger partial charge in [0.2, 0.25) is 0 Å². The number of hydrogen-bond donors (Lipinski definition) is 0. The minimum Gasteiger partial charge on any atom is -0.494 e. The van der Waals surface area contributed by atoms with Crippen molar-refractivity contribution >= 4 is 29.2 Å². The van der Waals surface area contributed by atoms with Gasteiger partial charge >= 0.3 is 12.2 Å². The fourth-order valence-electron chi connectivity index (χ4n) is 4.47. The Kier molecular flexibility index (Phi) is 7.57. The van der Waals surface area contributed by atoms with Crippen molar-refractivity contribution in [1.29, 1.82) is 5.26 Å². The summed E-state index contributed by atoms with van der Waals surface area (Å²) in [7, 11) is 0. The average Bonchev–Trinajstić information content (AvgIpc) is 3.07. The van der Waals surface area contributed by atoms with Gasteiger partial charge in [0.1, 0.15) is 17.4 Å². The highest BCUT2D eigenvalue weighted by atomic mass is 35.5. The van der Waals surface area contributed by atoms with Crippen LogP contribution in [-0.2, 0) is 11.0 Å². The summed E-state index contributed by atoms with van der Waals surface area (Å²) in [5.74, 6) is -0.425. The molecule has 4 rings (SSSR count). The Bertz CT molecular complexity index is 1470. The molecule has 0 aliphatic carbocycles. The maximum absolute atomic E-state index is 13.8. The highest BCUT2D eigenvalue weighted by molar-refractivity contribution is 6.33. The summed E-state index contributed by atoms with van der Waals surface area (Å²) in [6, 6.07) is 11.1. The third-order valence-corrected chi connectivity index (χ3v) is 7.11. The molecule has 39 heavy (non-hydrogen) atoms. The minimum absolute atomic E-state index is 0.0125. The van der Waals surface area contributed by atoms with Crippen molar-refractivity contribution in [1.82, 2.24) is 9.88 Å². The summed E-state index contributed by atoms with van der Waals surface area (Å²) >= 11 is 6.25. The van der Waals surface area contributed by atoms with Gasteiger partial charge in [-0.25, -0.2) is 9.69 Å². The van der Waals surface area contributed by atoms with Crippen LogP contribution >= 0.6 is 11.6 Å². The Hall–Kier alpha value is -4.10. The molecule has 0 radical (unpaired) electrons. The van der Waals surface area contributed by atoms with E-state index in [1.807, 2.05) is 6.07 Å². The molecule has 3 aromatic rings. The minimum atomic E-state index is -4.60. The van der Waals surface area contributed by atoms with E-state index in [4.69, 9.17) is 16.3 Å². The van der Waals surface area contributed by atoms with Crippen LogP contribution in [0.15, 0.2) is 54.9 Å². The van der Waals surface area contributed by atoms with Crippen molar-refractivity contribution in [2.45, 2.75) is 38.9 Å². The topological polar surface area (TPSA) is 86.5 Å². The highest BCUT2D eigenvalue weighted by Crippen LogP contribution is 2.39. The van der Waals surface area contributed by atoms with Gasteiger partial charge in [0.15, 0.2) is 0 Å². The molecule has 0 N–H and O–H groups in total. The molecule has 1 fully saturated rings. The number of hydrogen-bond acceptors (Lipinski definition) is 5. The number of ether oxygens (including phenoxy) is 1. The molecule has 0 spiro atoms. The second-order valence-corrected chi connectivity index (χ2v) is 9.84. The molecule has 1 aliphatic heterocycles. The first-order valence-corrected chi connectivity index (χ1v) is 12.4. The predicted octanol–water partition coefficient (Wildman–Crippen LogP) is 6.62. The Labute approximate surface area is 228 Å². The number of rotatable bonds is 7. The van der Waals surface area contributed by atoms with Crippen LogP contribution < -0.4 is 9.64 Å². The van der Waals surface area contributed by atoms with Crippen molar-refractivity contribution in [3.8, 4) is 22.9 Å². The maximum Gasteiger partial charge on any atom is 0.417 e. The number of anilines is 1. The normalized spacial score (nSPS) is 15.0. The van der Waals surface area contributed by atoms with Crippen LogP contribution in [0.4, 0.5) is 23.7 Å². The average molecular weight is 557 g/mol. The van der Waals surface area contributed by atoms with Gasteiger partial charge in [0, 0.05) is 18.9 Å². The van der Waals surface area contributed by atoms with E-state index >= 15 is 0 Å². The number of aromatic nitrogens is 1. The van der Waals surface area contributed by atoms with E-state index in [9.17, 15) is 28.0 Å². The Morgan fingerprint density at radius 2 is 1.79 bits per heavy atom. The molecular formula is C28H24ClF3N4O3. The second kappa shape index (κ2) is 10.6. The quantitative estimate of drug-likeness (QED) is 0.241. The first-order chi connectivity index (χ1) is 18.4. The second-order valence-electron chi connectivity index (χ2n) is 9.46. The lowest BCUT2D eigenvalue weighted by molar-refractivity contribution is -0.137. The van der Waals surface area contributed by atoms with E-state index in [1.54, 1.807) is 20.8 Å². The van der Waals surface area contributed by atoms with Gasteiger partial charge in [-0.05, 0) is 80.3 Å². The number of pyridine rings is 1. The molecule has 3 amide bonds. The molecule has 0 atom stereocenters. The fourth-order valence-corrected chi connectivity index (χ4v) is 4.67. The Morgan fingerprint density at radius 1 is 1.10 bits per heavy atom. The number of nitriles is 1. The van der Waals surface area contributed by atoms with Gasteiger partial charge in [-0.3, -0.25) is 9.78 Å². The number of carbonyl (C=O) groups is 2. The molecule has 1 saturated heterocycles. The zero-order valence-corrected chi connectivity index (χ0v) is 22.1. The smallest absolute Gasteiger partial charge is 0.417 e. The fraction of sp³-hybridized carbons (Fsp3) is 0.286. The van der Waals surface area contributed by atoms with Crippen LogP contribution in [0, 0.1) is 18.3 Å². The van der Waals surface area contributed by atoms with Gasteiger partial charge in [0.05, 0.1) is 28.4 Å². The predicted molar refractivity (Wildman–Crippen MR) is 139 cm³/mol. The monoisotopic (exact) mass is 556 g/mol. The highest BCUT2D eigenvalue weighted by Gasteiger charge is 2.52. The maximum atomic E-state index is 13.8. The third kappa shape index (κ3) is 5.27. The van der Waals surface area contributed by atoms with Crippen LogP contribution in [0.25, 0.3) is 11.1 Å². The first-order valence-electron chi connectivity index (χ1n) is 12.0. The van der Waals surface area contributed by atoms with Crippen LogP contribution in [0.3, 0.4) is 0 Å². The van der Waals surface area contributed by atoms with E-state index in [2.05, 4.69) is 4.98 Å². The van der Waals surface area contributed by atoms with Gasteiger partial charge < -0.3 is 9.64 Å². The molecular weight excluding hydrogens is 533 g/mol. The van der Waals surface area contributed by atoms with Crippen molar-refractivity contribution in [2.75, 3.05) is 18.1 Å². The molecule has 11 heteroatoms. The molecule has 7 nitrogen and oxygen atoms in total. The van der Waals surface area contributed by atoms with Crippen LogP contribution in [0.1, 0.15) is 37.0 Å².